The molecule has 2 aliphatic rings. The molecule has 0 saturated heterocycles. The van der Waals surface area contributed by atoms with Gasteiger partial charge in [0.05, 0.1) is 11.7 Å². The number of anilines is 1. The molecule has 0 spiro atoms. The average molecular weight is 208 g/mol. The number of benzene rings is 1. The fraction of sp³-hybridized carbons (Fsp3) is 0.273. The summed E-state index contributed by atoms with van der Waals surface area (Å²) < 4.78 is 5.80. The number of hydrogen-bond acceptors (Lipinski definition) is 2. The van der Waals surface area contributed by atoms with Gasteiger partial charge >= 0.3 is 0 Å². The lowest BCUT2D eigenvalue weighted by Gasteiger charge is -2.30. The van der Waals surface area contributed by atoms with E-state index in [4.69, 9.17) is 16.3 Å². The van der Waals surface area contributed by atoms with E-state index in [2.05, 4.69) is 17.5 Å². The molecule has 0 aromatic heterocycles. The summed E-state index contributed by atoms with van der Waals surface area (Å²) in [5, 5.41) is 4.17. The Morgan fingerprint density at radius 3 is 3.29 bits per heavy atom. The van der Waals surface area contributed by atoms with E-state index in [0.29, 0.717) is 6.04 Å². The summed E-state index contributed by atoms with van der Waals surface area (Å²) in [7, 11) is 0. The molecular weight excluding hydrogens is 198 g/mol. The van der Waals surface area contributed by atoms with Crippen LogP contribution in [0, 0.1) is 0 Å². The summed E-state index contributed by atoms with van der Waals surface area (Å²) in [5.74, 6) is 0.891. The first kappa shape index (κ1) is 8.18. The summed E-state index contributed by atoms with van der Waals surface area (Å²) >= 11 is 5.91. The summed E-state index contributed by atoms with van der Waals surface area (Å²) in [5.41, 5.74) is 1.00. The Morgan fingerprint density at radius 1 is 1.43 bits per heavy atom. The Labute approximate surface area is 87.5 Å². The summed E-state index contributed by atoms with van der Waals surface area (Å²) in [6.45, 7) is 0. The maximum absolute atomic E-state index is 5.91. The maximum atomic E-state index is 5.91. The normalized spacial score (nSPS) is 27.5. The van der Waals surface area contributed by atoms with Crippen LogP contribution in [0.3, 0.4) is 0 Å². The third-order valence-corrected chi connectivity index (χ3v) is 2.89. The number of rotatable bonds is 0. The van der Waals surface area contributed by atoms with Crippen molar-refractivity contribution in [1.29, 1.82) is 0 Å². The molecule has 1 aromatic carbocycles. The zero-order valence-corrected chi connectivity index (χ0v) is 8.29. The van der Waals surface area contributed by atoms with E-state index in [1.54, 1.807) is 0 Å². The fourth-order valence-corrected chi connectivity index (χ4v) is 2.13. The molecule has 14 heavy (non-hydrogen) atoms. The van der Waals surface area contributed by atoms with Crippen LogP contribution in [0.1, 0.15) is 6.42 Å². The van der Waals surface area contributed by atoms with Crippen molar-refractivity contribution >= 4 is 17.3 Å². The van der Waals surface area contributed by atoms with Gasteiger partial charge in [-0.25, -0.2) is 0 Å². The van der Waals surface area contributed by atoms with E-state index in [1.807, 2.05) is 18.2 Å². The van der Waals surface area contributed by atoms with Gasteiger partial charge in [0.25, 0.3) is 0 Å². The van der Waals surface area contributed by atoms with Gasteiger partial charge in [-0.3, -0.25) is 0 Å². The van der Waals surface area contributed by atoms with Crippen molar-refractivity contribution < 1.29 is 4.74 Å². The van der Waals surface area contributed by atoms with Crippen LogP contribution in [0.4, 0.5) is 5.69 Å². The smallest absolute Gasteiger partial charge is 0.143 e. The standard InChI is InChI=1S/C11H10ClNO/c12-7-4-5-11-9(6-7)13-8-2-1-3-10(8)14-11/h1,3-6,8,10,13H,2H2. The van der Waals surface area contributed by atoms with Crippen molar-refractivity contribution in [2.24, 2.45) is 0 Å². The highest BCUT2D eigenvalue weighted by Gasteiger charge is 2.29. The second-order valence-electron chi connectivity index (χ2n) is 3.64. The molecule has 3 rings (SSSR count). The monoisotopic (exact) mass is 207 g/mol. The largest absolute Gasteiger partial charge is 0.482 e. The van der Waals surface area contributed by atoms with Gasteiger partial charge in [-0.15, -0.1) is 0 Å². The summed E-state index contributed by atoms with van der Waals surface area (Å²) in [6.07, 6.45) is 5.46. The van der Waals surface area contributed by atoms with Crippen LogP contribution < -0.4 is 10.1 Å². The molecule has 1 N–H and O–H groups in total. The van der Waals surface area contributed by atoms with Crippen molar-refractivity contribution in [3.05, 3.63) is 35.4 Å². The van der Waals surface area contributed by atoms with Crippen LogP contribution in [0.15, 0.2) is 30.4 Å². The number of hydrogen-bond donors (Lipinski definition) is 1. The highest BCUT2D eigenvalue weighted by Crippen LogP contribution is 2.36. The molecule has 3 heteroatoms. The minimum atomic E-state index is 0.184. The highest BCUT2D eigenvalue weighted by molar-refractivity contribution is 6.30. The minimum Gasteiger partial charge on any atom is -0.482 e. The van der Waals surface area contributed by atoms with Gasteiger partial charge in [-0.05, 0) is 30.7 Å². The number of fused-ring (bicyclic) bond motifs is 2. The lowest BCUT2D eigenvalue weighted by atomic mass is 10.1. The van der Waals surface area contributed by atoms with E-state index in [0.717, 1.165) is 22.9 Å². The molecule has 1 heterocycles. The van der Waals surface area contributed by atoms with Gasteiger partial charge in [-0.2, -0.15) is 0 Å². The average Bonchev–Trinajstić information content (AvgIpc) is 2.61. The first-order valence-electron chi connectivity index (χ1n) is 4.72. The lowest BCUT2D eigenvalue weighted by molar-refractivity contribution is 0.224. The molecule has 1 aliphatic carbocycles. The first-order chi connectivity index (χ1) is 6.83. The zero-order valence-electron chi connectivity index (χ0n) is 7.53. The molecule has 0 saturated carbocycles. The van der Waals surface area contributed by atoms with Crippen LogP contribution in [-0.4, -0.2) is 12.1 Å². The molecule has 1 aliphatic heterocycles. The topological polar surface area (TPSA) is 21.3 Å². The summed E-state index contributed by atoms with van der Waals surface area (Å²) in [4.78, 5) is 0. The lowest BCUT2D eigenvalue weighted by Crippen LogP contribution is -2.36. The molecular formula is C11H10ClNO. The van der Waals surface area contributed by atoms with Gasteiger partial charge < -0.3 is 10.1 Å². The van der Waals surface area contributed by atoms with Crippen molar-refractivity contribution in [3.63, 3.8) is 0 Å². The molecule has 2 atom stereocenters. The molecule has 0 amide bonds. The molecule has 0 fully saturated rings. The molecule has 0 radical (unpaired) electrons. The Bertz CT molecular complexity index is 402. The van der Waals surface area contributed by atoms with Crippen molar-refractivity contribution in [2.75, 3.05) is 5.32 Å². The van der Waals surface area contributed by atoms with Crippen molar-refractivity contribution in [1.82, 2.24) is 0 Å². The molecule has 72 valence electrons. The van der Waals surface area contributed by atoms with Crippen LogP contribution >= 0.6 is 11.6 Å². The van der Waals surface area contributed by atoms with E-state index in [9.17, 15) is 0 Å². The maximum Gasteiger partial charge on any atom is 0.143 e. The molecule has 2 unspecified atom stereocenters. The van der Waals surface area contributed by atoms with Crippen LogP contribution in [-0.2, 0) is 0 Å². The van der Waals surface area contributed by atoms with E-state index in [1.165, 1.54) is 0 Å². The van der Waals surface area contributed by atoms with E-state index in [-0.39, 0.29) is 6.10 Å². The SMILES string of the molecule is Clc1ccc2c(c1)NC1CC=CC1O2. The molecule has 1 aromatic rings. The van der Waals surface area contributed by atoms with Crippen LogP contribution in [0.25, 0.3) is 0 Å². The summed E-state index contributed by atoms with van der Waals surface area (Å²) in [6, 6.07) is 6.04. The Balaban J connectivity index is 2.00. The van der Waals surface area contributed by atoms with E-state index < -0.39 is 0 Å². The minimum absolute atomic E-state index is 0.184. The first-order valence-corrected chi connectivity index (χ1v) is 5.10. The van der Waals surface area contributed by atoms with Crippen LogP contribution in [0.5, 0.6) is 5.75 Å². The Kier molecular flexibility index (Phi) is 1.71. The Hall–Kier alpha value is -1.15. The van der Waals surface area contributed by atoms with Gasteiger partial charge in [-0.1, -0.05) is 17.7 Å². The van der Waals surface area contributed by atoms with Crippen LogP contribution in [0.2, 0.25) is 5.02 Å². The number of halogens is 1. The number of nitrogens with one attached hydrogen (secondary N) is 1. The van der Waals surface area contributed by atoms with Gasteiger partial charge in [0, 0.05) is 5.02 Å². The van der Waals surface area contributed by atoms with Gasteiger partial charge in [0.15, 0.2) is 0 Å². The quantitative estimate of drug-likeness (QED) is 0.661. The van der Waals surface area contributed by atoms with Crippen molar-refractivity contribution in [3.8, 4) is 5.75 Å². The molecule has 0 bridgehead atoms. The highest BCUT2D eigenvalue weighted by atomic mass is 35.5. The van der Waals surface area contributed by atoms with E-state index >= 15 is 0 Å². The van der Waals surface area contributed by atoms with Crippen molar-refractivity contribution in [2.45, 2.75) is 18.6 Å². The predicted octanol–water partition coefficient (Wildman–Crippen LogP) is 2.84. The van der Waals surface area contributed by atoms with Gasteiger partial charge in [0.2, 0.25) is 0 Å². The third-order valence-electron chi connectivity index (χ3n) is 2.66. The zero-order chi connectivity index (χ0) is 9.54. The number of ether oxygens (including phenoxy) is 1. The second kappa shape index (κ2) is 2.92. The second-order valence-corrected chi connectivity index (χ2v) is 4.07. The Morgan fingerprint density at radius 2 is 2.36 bits per heavy atom. The van der Waals surface area contributed by atoms with Gasteiger partial charge in [0.1, 0.15) is 11.9 Å². The third kappa shape index (κ3) is 1.18. The molecule has 2 nitrogen and oxygen atoms in total. The predicted molar refractivity (Wildman–Crippen MR) is 57.0 cm³/mol. The fourth-order valence-electron chi connectivity index (χ4n) is 1.95.